The first-order valence-electron chi connectivity index (χ1n) is 7.37. The van der Waals surface area contributed by atoms with Gasteiger partial charge in [0.1, 0.15) is 5.82 Å². The SMILES string of the molecule is CCN(CC(C)C)c1ncc(CNC(C)C)cc1C. The van der Waals surface area contributed by atoms with Crippen LogP contribution in [-0.2, 0) is 6.54 Å². The van der Waals surface area contributed by atoms with Gasteiger partial charge in [0.25, 0.3) is 0 Å². The average Bonchev–Trinajstić information content (AvgIpc) is 2.33. The summed E-state index contributed by atoms with van der Waals surface area (Å²) in [6.45, 7) is 16.1. The van der Waals surface area contributed by atoms with Crippen molar-refractivity contribution in [2.75, 3.05) is 18.0 Å². The lowest BCUT2D eigenvalue weighted by atomic mass is 10.1. The van der Waals surface area contributed by atoms with E-state index >= 15 is 0 Å². The van der Waals surface area contributed by atoms with Crippen LogP contribution in [0.15, 0.2) is 12.3 Å². The molecule has 1 heterocycles. The Morgan fingerprint density at radius 1 is 1.26 bits per heavy atom. The number of aryl methyl sites for hydroxylation is 1. The fourth-order valence-corrected chi connectivity index (χ4v) is 2.18. The van der Waals surface area contributed by atoms with Gasteiger partial charge in [0.2, 0.25) is 0 Å². The molecular formula is C16H29N3. The van der Waals surface area contributed by atoms with Gasteiger partial charge in [-0.15, -0.1) is 0 Å². The summed E-state index contributed by atoms with van der Waals surface area (Å²) < 4.78 is 0. The number of pyridine rings is 1. The molecular weight excluding hydrogens is 234 g/mol. The van der Waals surface area contributed by atoms with Gasteiger partial charge in [-0.2, -0.15) is 0 Å². The van der Waals surface area contributed by atoms with Crippen molar-refractivity contribution in [1.82, 2.24) is 10.3 Å². The Hall–Kier alpha value is -1.09. The third-order valence-electron chi connectivity index (χ3n) is 3.09. The van der Waals surface area contributed by atoms with Crippen molar-refractivity contribution in [2.24, 2.45) is 5.92 Å². The van der Waals surface area contributed by atoms with Gasteiger partial charge in [-0.3, -0.25) is 0 Å². The van der Waals surface area contributed by atoms with Crippen LogP contribution in [0.4, 0.5) is 5.82 Å². The van der Waals surface area contributed by atoms with E-state index in [0.29, 0.717) is 12.0 Å². The maximum Gasteiger partial charge on any atom is 0.131 e. The molecule has 108 valence electrons. The van der Waals surface area contributed by atoms with Gasteiger partial charge in [-0.25, -0.2) is 4.98 Å². The number of hydrogen-bond acceptors (Lipinski definition) is 3. The van der Waals surface area contributed by atoms with Crippen molar-refractivity contribution in [3.05, 3.63) is 23.4 Å². The maximum absolute atomic E-state index is 4.67. The summed E-state index contributed by atoms with van der Waals surface area (Å²) in [5.74, 6) is 1.79. The van der Waals surface area contributed by atoms with Crippen LogP contribution in [0.2, 0.25) is 0 Å². The molecule has 3 nitrogen and oxygen atoms in total. The molecule has 0 aliphatic heterocycles. The topological polar surface area (TPSA) is 28.2 Å². The first-order chi connectivity index (χ1) is 8.93. The lowest BCUT2D eigenvalue weighted by Gasteiger charge is -2.25. The molecule has 3 heteroatoms. The minimum atomic E-state index is 0.507. The number of nitrogens with one attached hydrogen (secondary N) is 1. The van der Waals surface area contributed by atoms with Crippen LogP contribution in [0.1, 0.15) is 45.7 Å². The van der Waals surface area contributed by atoms with Crippen LogP contribution in [0.5, 0.6) is 0 Å². The van der Waals surface area contributed by atoms with E-state index in [-0.39, 0.29) is 0 Å². The van der Waals surface area contributed by atoms with E-state index in [4.69, 9.17) is 0 Å². The van der Waals surface area contributed by atoms with E-state index in [9.17, 15) is 0 Å². The highest BCUT2D eigenvalue weighted by Gasteiger charge is 2.11. The van der Waals surface area contributed by atoms with Crippen molar-refractivity contribution in [3.63, 3.8) is 0 Å². The van der Waals surface area contributed by atoms with Crippen LogP contribution >= 0.6 is 0 Å². The fourth-order valence-electron chi connectivity index (χ4n) is 2.18. The molecule has 0 fully saturated rings. The molecule has 1 aromatic rings. The minimum absolute atomic E-state index is 0.507. The number of aromatic nitrogens is 1. The lowest BCUT2D eigenvalue weighted by Crippen LogP contribution is -2.29. The van der Waals surface area contributed by atoms with Gasteiger partial charge in [-0.1, -0.05) is 27.7 Å². The highest BCUT2D eigenvalue weighted by molar-refractivity contribution is 5.47. The number of anilines is 1. The first-order valence-corrected chi connectivity index (χ1v) is 7.37. The van der Waals surface area contributed by atoms with Crippen molar-refractivity contribution >= 4 is 5.82 Å². The van der Waals surface area contributed by atoms with Crippen molar-refractivity contribution in [2.45, 2.75) is 54.1 Å². The summed E-state index contributed by atoms with van der Waals surface area (Å²) in [7, 11) is 0. The van der Waals surface area contributed by atoms with Gasteiger partial charge >= 0.3 is 0 Å². The quantitative estimate of drug-likeness (QED) is 0.817. The highest BCUT2D eigenvalue weighted by Crippen LogP contribution is 2.19. The third-order valence-corrected chi connectivity index (χ3v) is 3.09. The van der Waals surface area contributed by atoms with Crippen LogP contribution in [0.25, 0.3) is 0 Å². The largest absolute Gasteiger partial charge is 0.356 e. The maximum atomic E-state index is 4.67. The van der Waals surface area contributed by atoms with Crippen LogP contribution in [0, 0.1) is 12.8 Å². The predicted molar refractivity (Wildman–Crippen MR) is 83.7 cm³/mol. The Balaban J connectivity index is 2.80. The van der Waals surface area contributed by atoms with Gasteiger partial charge in [-0.05, 0) is 37.0 Å². The van der Waals surface area contributed by atoms with Gasteiger partial charge in [0, 0.05) is 31.9 Å². The molecule has 0 aromatic carbocycles. The Morgan fingerprint density at radius 2 is 1.95 bits per heavy atom. The zero-order valence-corrected chi connectivity index (χ0v) is 13.3. The zero-order valence-electron chi connectivity index (χ0n) is 13.3. The monoisotopic (exact) mass is 263 g/mol. The summed E-state index contributed by atoms with van der Waals surface area (Å²) in [6, 6.07) is 2.76. The Morgan fingerprint density at radius 3 is 2.42 bits per heavy atom. The second-order valence-electron chi connectivity index (χ2n) is 5.95. The predicted octanol–water partition coefficient (Wildman–Crippen LogP) is 3.37. The lowest BCUT2D eigenvalue weighted by molar-refractivity contribution is 0.586. The summed E-state index contributed by atoms with van der Waals surface area (Å²) >= 11 is 0. The second kappa shape index (κ2) is 7.49. The molecule has 1 rings (SSSR count). The minimum Gasteiger partial charge on any atom is -0.356 e. The normalized spacial score (nSPS) is 11.4. The Bertz CT molecular complexity index is 386. The standard InChI is InChI=1S/C16H29N3/c1-7-19(11-12(2)3)16-14(6)8-15(10-18-16)9-17-13(4)5/h8,10,12-13,17H,7,9,11H2,1-6H3. The van der Waals surface area contributed by atoms with Crippen LogP contribution in [-0.4, -0.2) is 24.1 Å². The molecule has 0 saturated heterocycles. The third kappa shape index (κ3) is 5.19. The molecule has 0 aliphatic rings. The average molecular weight is 263 g/mol. The fraction of sp³-hybridized carbons (Fsp3) is 0.688. The van der Waals surface area contributed by atoms with Gasteiger partial charge < -0.3 is 10.2 Å². The van der Waals surface area contributed by atoms with E-state index in [1.165, 1.54) is 11.1 Å². The molecule has 1 N–H and O–H groups in total. The molecule has 0 spiro atoms. The molecule has 1 aromatic heterocycles. The van der Waals surface area contributed by atoms with Crippen LogP contribution in [0.3, 0.4) is 0 Å². The van der Waals surface area contributed by atoms with Crippen molar-refractivity contribution in [3.8, 4) is 0 Å². The molecule has 0 aliphatic carbocycles. The first kappa shape index (κ1) is 16.0. The van der Waals surface area contributed by atoms with Gasteiger partial charge in [0.05, 0.1) is 0 Å². The van der Waals surface area contributed by atoms with Crippen molar-refractivity contribution in [1.29, 1.82) is 0 Å². The van der Waals surface area contributed by atoms with Gasteiger partial charge in [0.15, 0.2) is 0 Å². The summed E-state index contributed by atoms with van der Waals surface area (Å²) in [6.07, 6.45) is 2.00. The molecule has 0 amide bonds. The molecule has 0 atom stereocenters. The molecule has 19 heavy (non-hydrogen) atoms. The summed E-state index contributed by atoms with van der Waals surface area (Å²) in [5, 5.41) is 3.43. The van der Waals surface area contributed by atoms with E-state index in [1.54, 1.807) is 0 Å². The van der Waals surface area contributed by atoms with Crippen molar-refractivity contribution < 1.29 is 0 Å². The number of nitrogens with zero attached hydrogens (tertiary/aromatic N) is 2. The van der Waals surface area contributed by atoms with E-state index in [0.717, 1.165) is 25.5 Å². The molecule has 0 saturated carbocycles. The summed E-state index contributed by atoms with van der Waals surface area (Å²) in [4.78, 5) is 7.03. The van der Waals surface area contributed by atoms with Crippen LogP contribution < -0.4 is 10.2 Å². The summed E-state index contributed by atoms with van der Waals surface area (Å²) in [5.41, 5.74) is 2.53. The Kier molecular flexibility index (Phi) is 6.29. The zero-order chi connectivity index (χ0) is 14.4. The Labute approximate surface area is 118 Å². The molecule has 0 radical (unpaired) electrons. The number of hydrogen-bond donors (Lipinski definition) is 1. The van der Waals surface area contributed by atoms with E-state index in [2.05, 4.69) is 62.8 Å². The molecule has 0 unspecified atom stereocenters. The molecule has 0 bridgehead atoms. The highest BCUT2D eigenvalue weighted by atomic mass is 15.2. The second-order valence-corrected chi connectivity index (χ2v) is 5.95. The smallest absolute Gasteiger partial charge is 0.131 e. The number of rotatable bonds is 7. The van der Waals surface area contributed by atoms with E-state index in [1.807, 2.05) is 6.20 Å². The van der Waals surface area contributed by atoms with E-state index < -0.39 is 0 Å².